The Morgan fingerprint density at radius 1 is 1.33 bits per heavy atom. The van der Waals surface area contributed by atoms with E-state index in [4.69, 9.17) is 4.74 Å². The number of nitriles is 1. The minimum Gasteiger partial charge on any atom is -0.471 e. The fourth-order valence-corrected chi connectivity index (χ4v) is 2.45. The Balaban J connectivity index is 2.00. The molecule has 0 spiro atoms. The fourth-order valence-electron chi connectivity index (χ4n) is 2.45. The Hall–Kier alpha value is -2.91. The van der Waals surface area contributed by atoms with E-state index < -0.39 is 6.10 Å². The SMILES string of the molecule is Cc1nc(-c2c[nH]c3c(C#N)cccc23)cnc1OC(C)C(C)O. The molecule has 0 aliphatic heterocycles. The third-order valence-electron chi connectivity index (χ3n) is 3.99. The van der Waals surface area contributed by atoms with E-state index in [0.29, 0.717) is 22.8 Å². The van der Waals surface area contributed by atoms with Crippen molar-refractivity contribution in [2.75, 3.05) is 0 Å². The van der Waals surface area contributed by atoms with Crippen molar-refractivity contribution in [2.45, 2.75) is 33.0 Å². The van der Waals surface area contributed by atoms with Gasteiger partial charge in [0.05, 0.1) is 29.1 Å². The minimum absolute atomic E-state index is 0.366. The molecule has 3 aromatic rings. The third kappa shape index (κ3) is 2.82. The lowest BCUT2D eigenvalue weighted by Crippen LogP contribution is -2.26. The predicted molar refractivity (Wildman–Crippen MR) is 90.5 cm³/mol. The molecule has 0 saturated heterocycles. The molecule has 2 aromatic heterocycles. The van der Waals surface area contributed by atoms with E-state index in [-0.39, 0.29) is 6.10 Å². The third-order valence-corrected chi connectivity index (χ3v) is 3.99. The summed E-state index contributed by atoms with van der Waals surface area (Å²) in [5.74, 6) is 0.407. The number of ether oxygens (including phenoxy) is 1. The summed E-state index contributed by atoms with van der Waals surface area (Å²) in [5, 5.41) is 19.7. The molecule has 2 unspecified atom stereocenters. The van der Waals surface area contributed by atoms with Gasteiger partial charge in [-0.15, -0.1) is 0 Å². The van der Waals surface area contributed by atoms with E-state index in [1.807, 2.05) is 25.3 Å². The van der Waals surface area contributed by atoms with Gasteiger partial charge < -0.3 is 14.8 Å². The molecule has 6 nitrogen and oxygen atoms in total. The molecule has 0 saturated carbocycles. The van der Waals surface area contributed by atoms with E-state index >= 15 is 0 Å². The standard InChI is InChI=1S/C18H18N4O2/c1-10-18(24-12(3)11(2)23)21-9-16(22-10)15-8-20-17-13(7-19)5-4-6-14(15)17/h4-6,8-9,11-12,20,23H,1-3H3. The first-order valence-electron chi connectivity index (χ1n) is 7.70. The maximum absolute atomic E-state index is 9.54. The lowest BCUT2D eigenvalue weighted by molar-refractivity contribution is 0.0567. The van der Waals surface area contributed by atoms with Crippen LogP contribution in [-0.2, 0) is 0 Å². The van der Waals surface area contributed by atoms with Gasteiger partial charge in [0.2, 0.25) is 5.88 Å². The molecule has 0 amide bonds. The molecular formula is C18H18N4O2. The van der Waals surface area contributed by atoms with Crippen LogP contribution in [0.5, 0.6) is 5.88 Å². The van der Waals surface area contributed by atoms with Gasteiger partial charge in [0.1, 0.15) is 17.9 Å². The zero-order valence-electron chi connectivity index (χ0n) is 13.7. The monoisotopic (exact) mass is 322 g/mol. The molecule has 0 fully saturated rings. The zero-order chi connectivity index (χ0) is 17.3. The van der Waals surface area contributed by atoms with Gasteiger partial charge in [-0.1, -0.05) is 12.1 Å². The Morgan fingerprint density at radius 2 is 2.12 bits per heavy atom. The van der Waals surface area contributed by atoms with E-state index in [2.05, 4.69) is 21.0 Å². The Kier molecular flexibility index (Phi) is 4.19. The van der Waals surface area contributed by atoms with E-state index in [1.54, 1.807) is 26.1 Å². The van der Waals surface area contributed by atoms with Crippen LogP contribution < -0.4 is 4.74 Å². The predicted octanol–water partition coefficient (Wildman–Crippen LogP) is 2.95. The number of aromatic nitrogens is 3. The molecular weight excluding hydrogens is 304 g/mol. The van der Waals surface area contributed by atoms with Crippen LogP contribution in [0.4, 0.5) is 0 Å². The summed E-state index contributed by atoms with van der Waals surface area (Å²) >= 11 is 0. The zero-order valence-corrected chi connectivity index (χ0v) is 13.7. The first kappa shape index (κ1) is 16.0. The van der Waals surface area contributed by atoms with Crippen LogP contribution in [0.1, 0.15) is 25.1 Å². The van der Waals surface area contributed by atoms with Crippen LogP contribution in [0.25, 0.3) is 22.2 Å². The van der Waals surface area contributed by atoms with Gasteiger partial charge in [-0.05, 0) is 26.8 Å². The second-order valence-corrected chi connectivity index (χ2v) is 5.75. The number of aromatic amines is 1. The van der Waals surface area contributed by atoms with Gasteiger partial charge in [0.25, 0.3) is 0 Å². The normalized spacial score (nSPS) is 13.5. The van der Waals surface area contributed by atoms with Gasteiger partial charge in [-0.3, -0.25) is 0 Å². The van der Waals surface area contributed by atoms with Crippen LogP contribution >= 0.6 is 0 Å². The molecule has 2 heterocycles. The first-order valence-corrected chi connectivity index (χ1v) is 7.70. The molecule has 0 radical (unpaired) electrons. The van der Waals surface area contributed by atoms with Gasteiger partial charge in [-0.25, -0.2) is 9.97 Å². The number of rotatable bonds is 4. The smallest absolute Gasteiger partial charge is 0.235 e. The quantitative estimate of drug-likeness (QED) is 0.770. The first-order chi connectivity index (χ1) is 11.5. The largest absolute Gasteiger partial charge is 0.471 e. The van der Waals surface area contributed by atoms with Crippen LogP contribution in [0, 0.1) is 18.3 Å². The lowest BCUT2D eigenvalue weighted by atomic mass is 10.1. The van der Waals surface area contributed by atoms with Crippen LogP contribution in [0.2, 0.25) is 0 Å². The molecule has 0 aliphatic rings. The summed E-state index contributed by atoms with van der Waals surface area (Å²) in [4.78, 5) is 12.0. The number of aryl methyl sites for hydroxylation is 1. The highest BCUT2D eigenvalue weighted by Crippen LogP contribution is 2.30. The summed E-state index contributed by atoms with van der Waals surface area (Å²) in [6.45, 7) is 5.26. The number of nitrogens with zero attached hydrogens (tertiary/aromatic N) is 3. The van der Waals surface area contributed by atoms with Crippen molar-refractivity contribution >= 4 is 10.9 Å². The second-order valence-electron chi connectivity index (χ2n) is 5.75. The van der Waals surface area contributed by atoms with E-state index in [9.17, 15) is 10.4 Å². The van der Waals surface area contributed by atoms with Gasteiger partial charge in [0, 0.05) is 17.1 Å². The number of H-pyrrole nitrogens is 1. The van der Waals surface area contributed by atoms with Crippen molar-refractivity contribution in [1.82, 2.24) is 15.0 Å². The summed E-state index contributed by atoms with van der Waals surface area (Å²) < 4.78 is 5.63. The van der Waals surface area contributed by atoms with Crippen LogP contribution in [0.3, 0.4) is 0 Å². The summed E-state index contributed by atoms with van der Waals surface area (Å²) in [5.41, 5.74) is 3.61. The minimum atomic E-state index is -0.594. The summed E-state index contributed by atoms with van der Waals surface area (Å²) in [6.07, 6.45) is 2.51. The topological polar surface area (TPSA) is 94.8 Å². The van der Waals surface area contributed by atoms with Gasteiger partial charge >= 0.3 is 0 Å². The second kappa shape index (κ2) is 6.30. The molecule has 3 rings (SSSR count). The molecule has 24 heavy (non-hydrogen) atoms. The van der Waals surface area contributed by atoms with Crippen LogP contribution in [0.15, 0.2) is 30.6 Å². The number of hydrogen-bond donors (Lipinski definition) is 2. The molecule has 122 valence electrons. The van der Waals surface area contributed by atoms with Crippen molar-refractivity contribution in [1.29, 1.82) is 5.26 Å². The van der Waals surface area contributed by atoms with Gasteiger partial charge in [0.15, 0.2) is 0 Å². The molecule has 0 aliphatic carbocycles. The number of aliphatic hydroxyl groups is 1. The van der Waals surface area contributed by atoms with Crippen molar-refractivity contribution in [3.8, 4) is 23.2 Å². The molecule has 2 atom stereocenters. The number of para-hydroxylation sites is 1. The highest BCUT2D eigenvalue weighted by molar-refractivity contribution is 5.97. The molecule has 0 bridgehead atoms. The fraction of sp³-hybridized carbons (Fsp3) is 0.278. The molecule has 2 N–H and O–H groups in total. The Morgan fingerprint density at radius 3 is 2.79 bits per heavy atom. The Labute approximate surface area is 139 Å². The lowest BCUT2D eigenvalue weighted by Gasteiger charge is -2.17. The van der Waals surface area contributed by atoms with Crippen molar-refractivity contribution in [2.24, 2.45) is 0 Å². The van der Waals surface area contributed by atoms with Crippen molar-refractivity contribution in [3.05, 3.63) is 41.9 Å². The van der Waals surface area contributed by atoms with Crippen LogP contribution in [-0.4, -0.2) is 32.3 Å². The van der Waals surface area contributed by atoms with E-state index in [1.165, 1.54) is 0 Å². The maximum atomic E-state index is 9.54. The molecule has 1 aromatic carbocycles. The van der Waals surface area contributed by atoms with E-state index in [0.717, 1.165) is 16.5 Å². The summed E-state index contributed by atoms with van der Waals surface area (Å²) in [6, 6.07) is 7.74. The average molecular weight is 322 g/mol. The summed E-state index contributed by atoms with van der Waals surface area (Å²) in [7, 11) is 0. The number of fused-ring (bicyclic) bond motifs is 1. The number of hydrogen-bond acceptors (Lipinski definition) is 5. The molecule has 6 heteroatoms. The average Bonchev–Trinajstić information content (AvgIpc) is 3.00. The maximum Gasteiger partial charge on any atom is 0.235 e. The Bertz CT molecular complexity index is 924. The van der Waals surface area contributed by atoms with Crippen molar-refractivity contribution < 1.29 is 9.84 Å². The van der Waals surface area contributed by atoms with Crippen molar-refractivity contribution in [3.63, 3.8) is 0 Å². The highest BCUT2D eigenvalue weighted by Gasteiger charge is 2.16. The number of aliphatic hydroxyl groups excluding tert-OH is 1. The highest BCUT2D eigenvalue weighted by atomic mass is 16.5. The number of benzene rings is 1. The van der Waals surface area contributed by atoms with Gasteiger partial charge in [-0.2, -0.15) is 5.26 Å². The number of nitrogens with one attached hydrogen (secondary N) is 1.